The Morgan fingerprint density at radius 3 is 2.61 bits per heavy atom. The van der Waals surface area contributed by atoms with Gasteiger partial charge in [-0.3, -0.25) is 0 Å². The van der Waals surface area contributed by atoms with Crippen LogP contribution in [0.5, 0.6) is 0 Å². The third kappa shape index (κ3) is 5.05. The predicted octanol–water partition coefficient (Wildman–Crippen LogP) is 3.30. The zero-order valence-electron chi connectivity index (χ0n) is 18.3. The lowest BCUT2D eigenvalue weighted by Gasteiger charge is -2.26. The number of alkyl halides is 1. The number of nitrogens with zero attached hydrogens (tertiary/aromatic N) is 3. The zero-order chi connectivity index (χ0) is 23.8. The van der Waals surface area contributed by atoms with E-state index >= 15 is 0 Å². The van der Waals surface area contributed by atoms with Crippen molar-refractivity contribution in [1.29, 1.82) is 0 Å². The lowest BCUT2D eigenvalue weighted by atomic mass is 9.94. The van der Waals surface area contributed by atoms with Crippen molar-refractivity contribution >= 4 is 15.8 Å². The van der Waals surface area contributed by atoms with Gasteiger partial charge in [-0.2, -0.15) is 4.98 Å². The molecular formula is C22H26FN5O4S. The molecule has 2 aromatic heterocycles. The van der Waals surface area contributed by atoms with Crippen LogP contribution in [-0.2, 0) is 10.0 Å². The van der Waals surface area contributed by atoms with Crippen LogP contribution in [0.4, 0.5) is 10.2 Å². The molecule has 0 radical (unpaired) electrons. The van der Waals surface area contributed by atoms with Crippen molar-refractivity contribution in [1.82, 2.24) is 19.8 Å². The molecule has 0 spiro atoms. The number of aromatic nitrogens is 3. The number of hydrogen-bond acceptors (Lipinski definition) is 8. The molecule has 4 N–H and O–H groups in total. The van der Waals surface area contributed by atoms with Crippen LogP contribution >= 0.6 is 0 Å². The molecule has 0 amide bonds. The molecule has 1 saturated carbocycles. The summed E-state index contributed by atoms with van der Waals surface area (Å²) in [4.78, 5) is 8.34. The van der Waals surface area contributed by atoms with Gasteiger partial charge >= 0.3 is 0 Å². The molecule has 0 saturated heterocycles. The second kappa shape index (κ2) is 9.16. The summed E-state index contributed by atoms with van der Waals surface area (Å²) in [5.74, 6) is 0.0624. The number of sulfonamides is 1. The van der Waals surface area contributed by atoms with Crippen molar-refractivity contribution < 1.29 is 22.4 Å². The number of anilines is 1. The van der Waals surface area contributed by atoms with Gasteiger partial charge in [-0.1, -0.05) is 11.2 Å². The number of nitrogen functional groups attached to an aromatic ring is 1. The van der Waals surface area contributed by atoms with Crippen LogP contribution in [0.3, 0.4) is 0 Å². The fourth-order valence-corrected chi connectivity index (χ4v) is 5.19. The summed E-state index contributed by atoms with van der Waals surface area (Å²) in [6.07, 6.45) is 2.09. The minimum atomic E-state index is -3.76. The summed E-state index contributed by atoms with van der Waals surface area (Å²) in [6.45, 7) is 3.15. The monoisotopic (exact) mass is 475 g/mol. The Morgan fingerprint density at radius 1 is 1.21 bits per heavy atom. The Balaban J connectivity index is 1.66. The van der Waals surface area contributed by atoms with Gasteiger partial charge in [0, 0.05) is 17.8 Å². The van der Waals surface area contributed by atoms with Gasteiger partial charge in [-0.15, -0.1) is 0 Å². The molecule has 0 bridgehead atoms. The lowest BCUT2D eigenvalue weighted by Crippen LogP contribution is -2.38. The highest BCUT2D eigenvalue weighted by atomic mass is 32.2. The highest BCUT2D eigenvalue weighted by molar-refractivity contribution is 7.89. The SMILES string of the molecule is Cc1ccc(S(=O)(=O)N[C@H]2CC[C@H](O)CC2)cc1-c1cnc(N)c(-c2nc(C(C)F)no2)c1. The van der Waals surface area contributed by atoms with Crippen LogP contribution in [-0.4, -0.2) is 40.8 Å². The fourth-order valence-electron chi connectivity index (χ4n) is 3.86. The number of pyridine rings is 1. The number of hydrogen-bond donors (Lipinski definition) is 3. The van der Waals surface area contributed by atoms with Crippen LogP contribution in [0.25, 0.3) is 22.6 Å². The molecule has 11 heteroatoms. The van der Waals surface area contributed by atoms with Gasteiger partial charge in [0.15, 0.2) is 6.17 Å². The first kappa shape index (κ1) is 23.3. The number of aliphatic hydroxyl groups is 1. The maximum atomic E-state index is 13.5. The molecule has 1 aromatic carbocycles. The Hall–Kier alpha value is -2.89. The minimum Gasteiger partial charge on any atom is -0.393 e. The molecule has 176 valence electrons. The van der Waals surface area contributed by atoms with E-state index in [1.807, 2.05) is 6.92 Å². The average molecular weight is 476 g/mol. The van der Waals surface area contributed by atoms with E-state index < -0.39 is 16.2 Å². The first-order valence-electron chi connectivity index (χ1n) is 10.7. The van der Waals surface area contributed by atoms with Crippen LogP contribution in [0.1, 0.15) is 50.2 Å². The zero-order valence-corrected chi connectivity index (χ0v) is 19.1. The largest absolute Gasteiger partial charge is 0.393 e. The molecule has 1 atom stereocenters. The molecule has 4 rings (SSSR count). The molecule has 33 heavy (non-hydrogen) atoms. The van der Waals surface area contributed by atoms with E-state index in [9.17, 15) is 17.9 Å². The number of nitrogens with one attached hydrogen (secondary N) is 1. The number of halogens is 1. The van der Waals surface area contributed by atoms with Crippen LogP contribution in [0, 0.1) is 6.92 Å². The number of rotatable bonds is 6. The van der Waals surface area contributed by atoms with Crippen molar-refractivity contribution in [3.63, 3.8) is 0 Å². The number of benzene rings is 1. The molecule has 2 heterocycles. The summed E-state index contributed by atoms with van der Waals surface area (Å²) in [6, 6.07) is 6.31. The third-order valence-electron chi connectivity index (χ3n) is 5.80. The first-order chi connectivity index (χ1) is 15.6. The summed E-state index contributed by atoms with van der Waals surface area (Å²) in [7, 11) is -3.76. The molecule has 1 fully saturated rings. The van der Waals surface area contributed by atoms with Crippen LogP contribution in [0.15, 0.2) is 39.9 Å². The predicted molar refractivity (Wildman–Crippen MR) is 120 cm³/mol. The smallest absolute Gasteiger partial charge is 0.261 e. The van der Waals surface area contributed by atoms with E-state index in [-0.39, 0.29) is 34.6 Å². The molecule has 9 nitrogen and oxygen atoms in total. The second-order valence-electron chi connectivity index (χ2n) is 8.33. The Bertz CT molecular complexity index is 1250. The van der Waals surface area contributed by atoms with E-state index in [4.69, 9.17) is 10.3 Å². The molecule has 1 aliphatic carbocycles. The van der Waals surface area contributed by atoms with E-state index in [2.05, 4.69) is 19.8 Å². The van der Waals surface area contributed by atoms with Crippen LogP contribution < -0.4 is 10.5 Å². The third-order valence-corrected chi connectivity index (χ3v) is 7.31. The van der Waals surface area contributed by atoms with Gasteiger partial charge in [0.1, 0.15) is 5.82 Å². The summed E-state index contributed by atoms with van der Waals surface area (Å²) in [5, 5.41) is 13.3. The second-order valence-corrected chi connectivity index (χ2v) is 10.0. The van der Waals surface area contributed by atoms with Crippen molar-refractivity contribution in [2.75, 3.05) is 5.73 Å². The highest BCUT2D eigenvalue weighted by Gasteiger charge is 2.25. The van der Waals surface area contributed by atoms with Gasteiger partial charge in [-0.05, 0) is 68.9 Å². The van der Waals surface area contributed by atoms with E-state index in [1.54, 1.807) is 24.3 Å². The minimum absolute atomic E-state index is 0.0314. The first-order valence-corrected chi connectivity index (χ1v) is 12.2. The molecule has 1 unspecified atom stereocenters. The van der Waals surface area contributed by atoms with E-state index in [0.29, 0.717) is 42.4 Å². The van der Waals surface area contributed by atoms with Crippen molar-refractivity contribution in [2.24, 2.45) is 0 Å². The van der Waals surface area contributed by atoms with Gasteiger partial charge < -0.3 is 15.4 Å². The standard InChI is InChI=1S/C22H26FN5O4S/c1-12-3-8-17(33(30,31)28-15-4-6-16(29)7-5-15)10-18(12)14-9-19(20(24)25-11-14)22-26-21(13(2)23)27-32-22/h3,8-11,13,15-16,28-29H,4-7H2,1-2H3,(H2,24,25)/t13?,15-,16-. The quantitative estimate of drug-likeness (QED) is 0.492. The number of nitrogens with two attached hydrogens (primary N) is 1. The van der Waals surface area contributed by atoms with Gasteiger partial charge in [0.2, 0.25) is 15.8 Å². The van der Waals surface area contributed by atoms with Gasteiger partial charge in [0.25, 0.3) is 5.89 Å². The molecular weight excluding hydrogens is 449 g/mol. The summed E-state index contributed by atoms with van der Waals surface area (Å²) >= 11 is 0. The maximum absolute atomic E-state index is 13.5. The molecule has 0 aliphatic heterocycles. The van der Waals surface area contributed by atoms with E-state index in [1.165, 1.54) is 13.1 Å². The van der Waals surface area contributed by atoms with Crippen molar-refractivity contribution in [3.8, 4) is 22.6 Å². The Kier molecular flexibility index (Phi) is 6.46. The van der Waals surface area contributed by atoms with Gasteiger partial charge in [0.05, 0.1) is 16.6 Å². The summed E-state index contributed by atoms with van der Waals surface area (Å²) in [5.41, 5.74) is 8.38. The van der Waals surface area contributed by atoms with Crippen molar-refractivity contribution in [3.05, 3.63) is 41.9 Å². The van der Waals surface area contributed by atoms with Gasteiger partial charge in [-0.25, -0.2) is 22.5 Å². The number of aryl methyl sites for hydroxylation is 1. The highest BCUT2D eigenvalue weighted by Crippen LogP contribution is 2.32. The maximum Gasteiger partial charge on any atom is 0.261 e. The Labute approximate surface area is 191 Å². The Morgan fingerprint density at radius 2 is 1.94 bits per heavy atom. The normalized spacial score (nSPS) is 20.0. The van der Waals surface area contributed by atoms with Crippen LogP contribution in [0.2, 0.25) is 0 Å². The average Bonchev–Trinajstić information content (AvgIpc) is 3.26. The molecule has 1 aliphatic rings. The van der Waals surface area contributed by atoms with E-state index in [0.717, 1.165) is 5.56 Å². The molecule has 3 aromatic rings. The fraction of sp³-hybridized carbons (Fsp3) is 0.409. The number of aliphatic hydroxyl groups excluding tert-OH is 1. The lowest BCUT2D eigenvalue weighted by molar-refractivity contribution is 0.120. The summed E-state index contributed by atoms with van der Waals surface area (Å²) < 4.78 is 47.4. The van der Waals surface area contributed by atoms with Crippen molar-refractivity contribution in [2.45, 2.75) is 62.7 Å². The topological polar surface area (TPSA) is 144 Å².